The van der Waals surface area contributed by atoms with E-state index in [1.807, 2.05) is 24.3 Å². The van der Waals surface area contributed by atoms with Crippen LogP contribution in [0.25, 0.3) is 22.1 Å². The van der Waals surface area contributed by atoms with Gasteiger partial charge in [-0.2, -0.15) is 4.75 Å². The van der Waals surface area contributed by atoms with Gasteiger partial charge in [0, 0.05) is 5.39 Å². The Morgan fingerprint density at radius 3 is 3.25 bits per heavy atom. The highest BCUT2D eigenvalue weighted by Gasteiger charge is 2.06. The molecule has 3 aromatic rings. The van der Waals surface area contributed by atoms with Crippen molar-refractivity contribution in [2.24, 2.45) is 0 Å². The SMILES string of the molecule is c1ccc2c(c1)[nH]c1npoc12. The van der Waals surface area contributed by atoms with Crippen LogP contribution in [0.1, 0.15) is 0 Å². The van der Waals surface area contributed by atoms with Crippen LogP contribution >= 0.6 is 8.59 Å². The fourth-order valence-electron chi connectivity index (χ4n) is 1.37. The van der Waals surface area contributed by atoms with Crippen LogP contribution in [0.3, 0.4) is 0 Å². The van der Waals surface area contributed by atoms with Crippen LogP contribution in [0.5, 0.6) is 0 Å². The molecule has 4 heteroatoms. The number of aromatic amines is 1. The summed E-state index contributed by atoms with van der Waals surface area (Å²) in [6, 6.07) is 8.03. The summed E-state index contributed by atoms with van der Waals surface area (Å²) < 4.78 is 9.46. The van der Waals surface area contributed by atoms with E-state index in [1.165, 1.54) is 0 Å². The number of benzene rings is 1. The van der Waals surface area contributed by atoms with E-state index in [4.69, 9.17) is 4.20 Å². The Hall–Kier alpha value is -1.34. The lowest BCUT2D eigenvalue weighted by atomic mass is 10.2. The zero-order valence-corrected chi connectivity index (χ0v) is 7.01. The van der Waals surface area contributed by atoms with Crippen molar-refractivity contribution in [1.29, 1.82) is 0 Å². The van der Waals surface area contributed by atoms with Gasteiger partial charge in [0.05, 0.1) is 5.52 Å². The van der Waals surface area contributed by atoms with Gasteiger partial charge in [-0.15, -0.1) is 0 Å². The number of para-hydroxylation sites is 1. The number of nitrogens with one attached hydrogen (secondary N) is 1. The summed E-state index contributed by atoms with van der Waals surface area (Å²) in [5.74, 6) is 0. The first-order valence-corrected chi connectivity index (χ1v) is 4.40. The van der Waals surface area contributed by atoms with Crippen LogP contribution in [0, 0.1) is 0 Å². The Bertz CT molecular complexity index is 539. The summed E-state index contributed by atoms with van der Waals surface area (Å²) >= 11 is 0. The highest BCUT2D eigenvalue weighted by atomic mass is 31.1. The van der Waals surface area contributed by atoms with Crippen molar-refractivity contribution >= 4 is 30.7 Å². The Balaban J connectivity index is 2.68. The molecule has 0 saturated heterocycles. The lowest BCUT2D eigenvalue weighted by Gasteiger charge is -1.84. The minimum Gasteiger partial charge on any atom is -0.418 e. The maximum absolute atomic E-state index is 5.33. The van der Waals surface area contributed by atoms with Crippen LogP contribution in [0.15, 0.2) is 28.5 Å². The molecule has 0 bridgehead atoms. The monoisotopic (exact) mass is 176 g/mol. The van der Waals surface area contributed by atoms with E-state index < -0.39 is 0 Å². The van der Waals surface area contributed by atoms with E-state index in [-0.39, 0.29) is 0 Å². The lowest BCUT2D eigenvalue weighted by molar-refractivity contribution is 0.759. The zero-order chi connectivity index (χ0) is 7.97. The van der Waals surface area contributed by atoms with E-state index in [2.05, 4.69) is 9.73 Å². The smallest absolute Gasteiger partial charge is 0.249 e. The van der Waals surface area contributed by atoms with Gasteiger partial charge in [0.1, 0.15) is 0 Å². The molecule has 3 nitrogen and oxygen atoms in total. The lowest BCUT2D eigenvalue weighted by Crippen LogP contribution is -1.64. The third-order valence-corrected chi connectivity index (χ3v) is 2.46. The topological polar surface area (TPSA) is 41.8 Å². The Morgan fingerprint density at radius 2 is 2.25 bits per heavy atom. The molecular formula is C8H5N2OP. The molecule has 0 aliphatic carbocycles. The number of fused-ring (bicyclic) bond motifs is 3. The summed E-state index contributed by atoms with van der Waals surface area (Å²) in [7, 11) is 0.673. The van der Waals surface area contributed by atoms with E-state index in [0.29, 0.717) is 8.59 Å². The Labute approximate surface area is 69.7 Å². The van der Waals surface area contributed by atoms with Crippen LogP contribution in [-0.4, -0.2) is 9.73 Å². The quantitative estimate of drug-likeness (QED) is 0.572. The Kier molecular flexibility index (Phi) is 1.08. The van der Waals surface area contributed by atoms with Crippen LogP contribution in [-0.2, 0) is 0 Å². The molecule has 0 aliphatic rings. The van der Waals surface area contributed by atoms with Gasteiger partial charge in [0.15, 0.2) is 11.2 Å². The molecule has 0 atom stereocenters. The van der Waals surface area contributed by atoms with Crippen LogP contribution in [0.2, 0.25) is 0 Å². The minimum absolute atomic E-state index is 0.673. The van der Waals surface area contributed by atoms with Gasteiger partial charge in [-0.1, -0.05) is 12.1 Å². The van der Waals surface area contributed by atoms with Crippen LogP contribution in [0.4, 0.5) is 0 Å². The number of hydrogen-bond donors (Lipinski definition) is 1. The molecule has 58 valence electrons. The molecule has 0 fully saturated rings. The fraction of sp³-hybridized carbons (Fsp3) is 0. The van der Waals surface area contributed by atoms with Gasteiger partial charge in [-0.3, -0.25) is 0 Å². The predicted octanol–water partition coefficient (Wildman–Crippen LogP) is 2.89. The molecule has 0 saturated carbocycles. The van der Waals surface area contributed by atoms with E-state index >= 15 is 0 Å². The largest absolute Gasteiger partial charge is 0.418 e. The average molecular weight is 176 g/mol. The van der Waals surface area contributed by atoms with Crippen molar-refractivity contribution in [3.05, 3.63) is 24.3 Å². The van der Waals surface area contributed by atoms with Crippen molar-refractivity contribution < 1.29 is 4.20 Å². The van der Waals surface area contributed by atoms with E-state index in [9.17, 15) is 0 Å². The molecule has 2 aromatic heterocycles. The minimum atomic E-state index is 0.673. The second kappa shape index (κ2) is 2.08. The number of rotatable bonds is 0. The molecule has 12 heavy (non-hydrogen) atoms. The highest BCUT2D eigenvalue weighted by Crippen LogP contribution is 2.26. The first kappa shape index (κ1) is 6.21. The molecule has 3 rings (SSSR count). The third kappa shape index (κ3) is 0.664. The average Bonchev–Trinajstić information content (AvgIpc) is 2.62. The molecule has 0 radical (unpaired) electrons. The summed E-state index contributed by atoms with van der Waals surface area (Å²) in [4.78, 5) is 3.18. The maximum atomic E-state index is 5.33. The molecular weight excluding hydrogens is 171 g/mol. The van der Waals surface area contributed by atoms with Crippen molar-refractivity contribution in [2.75, 3.05) is 0 Å². The summed E-state index contributed by atoms with van der Waals surface area (Å²) in [5.41, 5.74) is 2.83. The second-order valence-corrected chi connectivity index (χ2v) is 3.17. The van der Waals surface area contributed by atoms with Gasteiger partial charge < -0.3 is 9.18 Å². The summed E-state index contributed by atoms with van der Waals surface area (Å²) in [6.07, 6.45) is 0. The molecule has 0 unspecified atom stereocenters. The molecule has 0 aliphatic heterocycles. The van der Waals surface area contributed by atoms with Crippen molar-refractivity contribution in [2.45, 2.75) is 0 Å². The highest BCUT2D eigenvalue weighted by molar-refractivity contribution is 7.18. The van der Waals surface area contributed by atoms with Gasteiger partial charge in [0.2, 0.25) is 8.59 Å². The van der Waals surface area contributed by atoms with Crippen LogP contribution < -0.4 is 0 Å². The summed E-state index contributed by atoms with van der Waals surface area (Å²) in [5, 5.41) is 1.11. The maximum Gasteiger partial charge on any atom is 0.249 e. The van der Waals surface area contributed by atoms with Gasteiger partial charge >= 0.3 is 0 Å². The number of hydrogen-bond acceptors (Lipinski definition) is 2. The normalized spacial score (nSPS) is 12.0. The number of H-pyrrole nitrogens is 1. The first-order valence-electron chi connectivity index (χ1n) is 3.64. The second-order valence-electron chi connectivity index (χ2n) is 2.62. The molecule has 0 amide bonds. The number of aromatic nitrogens is 2. The predicted molar refractivity (Wildman–Crippen MR) is 48.4 cm³/mol. The van der Waals surface area contributed by atoms with E-state index in [0.717, 1.165) is 22.1 Å². The molecule has 2 heterocycles. The van der Waals surface area contributed by atoms with E-state index in [1.54, 1.807) is 0 Å². The van der Waals surface area contributed by atoms with Crippen molar-refractivity contribution in [3.63, 3.8) is 0 Å². The van der Waals surface area contributed by atoms with Gasteiger partial charge in [-0.05, 0) is 12.1 Å². The molecule has 0 spiro atoms. The summed E-state index contributed by atoms with van der Waals surface area (Å²) in [6.45, 7) is 0. The fourth-order valence-corrected chi connectivity index (χ4v) is 1.90. The van der Waals surface area contributed by atoms with Gasteiger partial charge in [0.25, 0.3) is 0 Å². The zero-order valence-electron chi connectivity index (χ0n) is 6.11. The number of nitrogens with zero attached hydrogens (tertiary/aromatic N) is 1. The Morgan fingerprint density at radius 1 is 1.33 bits per heavy atom. The molecule has 1 aromatic carbocycles. The standard InChI is InChI=1S/C8H5N2OP/c1-2-4-6-5(3-1)7-8(9-6)10-12-11-7/h1-4,9H. The van der Waals surface area contributed by atoms with Gasteiger partial charge in [-0.25, -0.2) is 0 Å². The van der Waals surface area contributed by atoms with Crippen molar-refractivity contribution in [1.82, 2.24) is 9.73 Å². The third-order valence-electron chi connectivity index (χ3n) is 1.91. The first-order chi connectivity index (χ1) is 5.95. The molecule has 1 N–H and O–H groups in total. The van der Waals surface area contributed by atoms with Crippen molar-refractivity contribution in [3.8, 4) is 0 Å².